The quantitative estimate of drug-likeness (QED) is 0.756. The van der Waals surface area contributed by atoms with Crippen molar-refractivity contribution in [3.05, 3.63) is 29.0 Å². The molecule has 26 heavy (non-hydrogen) atoms. The Morgan fingerprint density at radius 3 is 2.77 bits per heavy atom. The third-order valence-electron chi connectivity index (χ3n) is 4.94. The van der Waals surface area contributed by atoms with Gasteiger partial charge >= 0.3 is 0 Å². The lowest BCUT2D eigenvalue weighted by Crippen LogP contribution is -2.42. The maximum absolute atomic E-state index is 12.6. The van der Waals surface area contributed by atoms with Crippen LogP contribution < -0.4 is 10.1 Å². The lowest BCUT2D eigenvalue weighted by atomic mass is 9.86. The van der Waals surface area contributed by atoms with Crippen molar-refractivity contribution in [1.82, 2.24) is 20.1 Å². The average molecular weight is 375 g/mol. The summed E-state index contributed by atoms with van der Waals surface area (Å²) in [6.07, 6.45) is 4.66. The summed E-state index contributed by atoms with van der Waals surface area (Å²) in [5.41, 5.74) is 0.889. The molecule has 3 rings (SSSR count). The topological polar surface area (TPSA) is 71.9 Å². The molecule has 140 valence electrons. The normalized spacial score (nSPS) is 19.9. The van der Waals surface area contributed by atoms with Crippen LogP contribution in [-0.4, -0.2) is 33.3 Å². The van der Waals surface area contributed by atoms with Crippen LogP contribution in [0.15, 0.2) is 24.3 Å². The molecule has 6 nitrogen and oxygen atoms in total. The van der Waals surface area contributed by atoms with E-state index in [1.54, 1.807) is 4.57 Å². The Kier molecular flexibility index (Phi) is 6.08. The number of hydrogen-bond donors (Lipinski definition) is 2. The summed E-state index contributed by atoms with van der Waals surface area (Å²) in [6, 6.07) is 7.89. The lowest BCUT2D eigenvalue weighted by Gasteiger charge is -2.29. The largest absolute Gasteiger partial charge is 0.494 e. The maximum Gasteiger partial charge on any atom is 0.240 e. The summed E-state index contributed by atoms with van der Waals surface area (Å²) in [4.78, 5) is 12.6. The summed E-state index contributed by atoms with van der Waals surface area (Å²) in [5, 5.41) is 10.3. The molecule has 1 saturated carbocycles. The minimum Gasteiger partial charge on any atom is -0.494 e. The Bertz CT molecular complexity index is 797. The van der Waals surface area contributed by atoms with E-state index in [1.807, 2.05) is 31.2 Å². The Morgan fingerprint density at radius 2 is 2.08 bits per heavy atom. The van der Waals surface area contributed by atoms with Gasteiger partial charge in [-0.25, -0.2) is 0 Å². The van der Waals surface area contributed by atoms with Gasteiger partial charge in [-0.2, -0.15) is 5.10 Å². The first kappa shape index (κ1) is 18.6. The number of rotatable bonds is 6. The van der Waals surface area contributed by atoms with Crippen LogP contribution >= 0.6 is 12.2 Å². The Hall–Kier alpha value is -2.15. The van der Waals surface area contributed by atoms with Crippen LogP contribution in [0.1, 0.15) is 39.5 Å². The highest BCUT2D eigenvalue weighted by Gasteiger charge is 2.23. The minimum atomic E-state index is -0.0200. The van der Waals surface area contributed by atoms with Gasteiger partial charge < -0.3 is 10.1 Å². The zero-order valence-corrected chi connectivity index (χ0v) is 16.1. The second kappa shape index (κ2) is 8.49. The maximum atomic E-state index is 12.6. The number of aromatic amines is 1. The van der Waals surface area contributed by atoms with E-state index in [1.165, 1.54) is 19.3 Å². The minimum absolute atomic E-state index is 0.0200. The highest BCUT2D eigenvalue weighted by atomic mass is 32.1. The highest BCUT2D eigenvalue weighted by Crippen LogP contribution is 2.24. The molecule has 1 aliphatic carbocycles. The van der Waals surface area contributed by atoms with Crippen molar-refractivity contribution in [2.24, 2.45) is 5.92 Å². The number of benzene rings is 1. The number of carbonyl (C=O) groups is 1. The molecule has 1 aromatic heterocycles. The number of H-pyrrole nitrogens is 1. The summed E-state index contributed by atoms with van der Waals surface area (Å²) in [7, 11) is 0. The first-order valence-electron chi connectivity index (χ1n) is 9.26. The standard InChI is InChI=1S/C19H26N4O2S/c1-3-25-15-10-8-14(9-11-15)18-21-22-19(26)23(18)12-17(24)20-16-7-5-4-6-13(16)2/h8-11,13,16H,3-7,12H2,1-2H3,(H,20,24)(H,22,26). The van der Waals surface area contributed by atoms with Gasteiger partial charge in [-0.1, -0.05) is 19.8 Å². The zero-order valence-electron chi connectivity index (χ0n) is 15.3. The van der Waals surface area contributed by atoms with Crippen LogP contribution in [0.4, 0.5) is 0 Å². The number of hydrogen-bond acceptors (Lipinski definition) is 4. The second-order valence-electron chi connectivity index (χ2n) is 6.83. The molecule has 2 unspecified atom stereocenters. The molecule has 2 N–H and O–H groups in total. The first-order chi connectivity index (χ1) is 12.6. The first-order valence-corrected chi connectivity index (χ1v) is 9.67. The Labute approximate surface area is 159 Å². The second-order valence-corrected chi connectivity index (χ2v) is 7.22. The van der Waals surface area contributed by atoms with Crippen LogP contribution in [0, 0.1) is 10.7 Å². The van der Waals surface area contributed by atoms with E-state index in [2.05, 4.69) is 22.4 Å². The van der Waals surface area contributed by atoms with E-state index >= 15 is 0 Å². The monoisotopic (exact) mass is 374 g/mol. The van der Waals surface area contributed by atoms with Crippen molar-refractivity contribution < 1.29 is 9.53 Å². The van der Waals surface area contributed by atoms with Gasteiger partial charge in [0.1, 0.15) is 12.3 Å². The number of carbonyl (C=O) groups excluding carboxylic acids is 1. The molecule has 2 atom stereocenters. The lowest BCUT2D eigenvalue weighted by molar-refractivity contribution is -0.122. The van der Waals surface area contributed by atoms with Crippen molar-refractivity contribution >= 4 is 18.1 Å². The fourth-order valence-corrected chi connectivity index (χ4v) is 3.68. The van der Waals surface area contributed by atoms with E-state index in [-0.39, 0.29) is 18.5 Å². The third-order valence-corrected chi connectivity index (χ3v) is 5.25. The number of ether oxygens (including phenoxy) is 1. The molecule has 1 aliphatic rings. The van der Waals surface area contributed by atoms with Crippen molar-refractivity contribution in [2.75, 3.05) is 6.61 Å². The molecular formula is C19H26N4O2S. The summed E-state index contributed by atoms with van der Waals surface area (Å²) in [6.45, 7) is 4.95. The highest BCUT2D eigenvalue weighted by molar-refractivity contribution is 7.71. The number of nitrogens with one attached hydrogen (secondary N) is 2. The van der Waals surface area contributed by atoms with Crippen molar-refractivity contribution in [1.29, 1.82) is 0 Å². The third kappa shape index (κ3) is 4.33. The molecule has 1 amide bonds. The van der Waals surface area contributed by atoms with E-state index in [0.717, 1.165) is 17.7 Å². The number of nitrogens with zero attached hydrogens (tertiary/aromatic N) is 2. The fraction of sp³-hybridized carbons (Fsp3) is 0.526. The van der Waals surface area contributed by atoms with Gasteiger partial charge in [0.25, 0.3) is 0 Å². The Morgan fingerprint density at radius 1 is 1.35 bits per heavy atom. The molecular weight excluding hydrogens is 348 g/mol. The van der Waals surface area contributed by atoms with Crippen LogP contribution in [0.3, 0.4) is 0 Å². The predicted octanol–water partition coefficient (Wildman–Crippen LogP) is 3.70. The van der Waals surface area contributed by atoms with Gasteiger partial charge in [-0.15, -0.1) is 0 Å². The van der Waals surface area contributed by atoms with Gasteiger partial charge in [-0.05, 0) is 62.2 Å². The van der Waals surface area contributed by atoms with Crippen LogP contribution in [0.5, 0.6) is 5.75 Å². The number of amides is 1. The molecule has 0 spiro atoms. The molecule has 0 aliphatic heterocycles. The molecule has 1 heterocycles. The van der Waals surface area contributed by atoms with Gasteiger partial charge in [0.05, 0.1) is 6.61 Å². The van der Waals surface area contributed by atoms with Crippen LogP contribution in [0.2, 0.25) is 0 Å². The van der Waals surface area contributed by atoms with Gasteiger partial charge in [0.15, 0.2) is 10.6 Å². The van der Waals surface area contributed by atoms with Crippen LogP contribution in [-0.2, 0) is 11.3 Å². The zero-order chi connectivity index (χ0) is 18.5. The van der Waals surface area contributed by atoms with E-state index in [4.69, 9.17) is 17.0 Å². The van der Waals surface area contributed by atoms with Gasteiger partial charge in [0.2, 0.25) is 5.91 Å². The van der Waals surface area contributed by atoms with Crippen LogP contribution in [0.25, 0.3) is 11.4 Å². The van der Waals surface area contributed by atoms with E-state index in [0.29, 0.717) is 23.1 Å². The molecule has 0 bridgehead atoms. The van der Waals surface area contributed by atoms with Gasteiger partial charge in [-0.3, -0.25) is 14.5 Å². The fourth-order valence-electron chi connectivity index (χ4n) is 3.48. The molecule has 0 saturated heterocycles. The Balaban J connectivity index is 1.73. The average Bonchev–Trinajstić information content (AvgIpc) is 2.99. The SMILES string of the molecule is CCOc1ccc(-c2n[nH]c(=S)n2CC(=O)NC2CCCCC2C)cc1. The van der Waals surface area contributed by atoms with E-state index < -0.39 is 0 Å². The molecule has 2 aromatic rings. The molecule has 7 heteroatoms. The number of aromatic nitrogens is 3. The van der Waals surface area contributed by atoms with Crippen molar-refractivity contribution in [3.8, 4) is 17.1 Å². The smallest absolute Gasteiger partial charge is 0.240 e. The van der Waals surface area contributed by atoms with Crippen molar-refractivity contribution in [3.63, 3.8) is 0 Å². The predicted molar refractivity (Wildman–Crippen MR) is 104 cm³/mol. The summed E-state index contributed by atoms with van der Waals surface area (Å²) < 4.78 is 7.66. The van der Waals surface area contributed by atoms with E-state index in [9.17, 15) is 4.79 Å². The molecule has 0 radical (unpaired) electrons. The molecule has 1 aromatic carbocycles. The molecule has 1 fully saturated rings. The van der Waals surface area contributed by atoms with Crippen molar-refractivity contribution in [2.45, 2.75) is 52.1 Å². The summed E-state index contributed by atoms with van der Waals surface area (Å²) in [5.74, 6) is 1.97. The van der Waals surface area contributed by atoms with Gasteiger partial charge in [0, 0.05) is 11.6 Å². The summed E-state index contributed by atoms with van der Waals surface area (Å²) >= 11 is 5.33.